The van der Waals surface area contributed by atoms with Crippen molar-refractivity contribution in [2.75, 3.05) is 12.8 Å². The quantitative estimate of drug-likeness (QED) is 0.805. The number of fused-ring (bicyclic) bond motifs is 1. The van der Waals surface area contributed by atoms with Crippen LogP contribution in [-0.2, 0) is 6.54 Å². The molecule has 1 aromatic heterocycles. The van der Waals surface area contributed by atoms with Crippen LogP contribution in [0.5, 0.6) is 0 Å². The number of H-pyrrole nitrogens is 1. The Hall–Kier alpha value is -1.04. The summed E-state index contributed by atoms with van der Waals surface area (Å²) in [5.41, 5.74) is 0.511. The van der Waals surface area contributed by atoms with E-state index in [1.807, 2.05) is 11.8 Å². The molecule has 1 atom stereocenters. The summed E-state index contributed by atoms with van der Waals surface area (Å²) in [6.07, 6.45) is 3.20. The topological polar surface area (TPSA) is 57.8 Å². The highest BCUT2D eigenvalue weighted by Crippen LogP contribution is 2.14. The van der Waals surface area contributed by atoms with Gasteiger partial charge in [-0.1, -0.05) is 18.5 Å². The molecule has 1 unspecified atom stereocenters. The first-order valence-corrected chi connectivity index (χ1v) is 8.18. The van der Waals surface area contributed by atoms with E-state index < -0.39 is 0 Å². The second kappa shape index (κ2) is 7.11. The van der Waals surface area contributed by atoms with Crippen molar-refractivity contribution in [1.82, 2.24) is 15.3 Å². The van der Waals surface area contributed by atoms with Gasteiger partial charge in [-0.2, -0.15) is 11.8 Å². The number of hydrogen-bond acceptors (Lipinski definition) is 4. The van der Waals surface area contributed by atoms with E-state index >= 15 is 0 Å². The second-order valence-electron chi connectivity index (χ2n) is 4.69. The molecule has 0 aliphatic rings. The summed E-state index contributed by atoms with van der Waals surface area (Å²) in [5, 5.41) is 5.07. The lowest BCUT2D eigenvalue weighted by atomic mass is 10.2. The summed E-state index contributed by atoms with van der Waals surface area (Å²) in [4.78, 5) is 19.1. The van der Waals surface area contributed by atoms with Crippen LogP contribution in [0.1, 0.15) is 19.2 Å². The van der Waals surface area contributed by atoms with Crippen LogP contribution in [0.4, 0.5) is 0 Å². The van der Waals surface area contributed by atoms with Gasteiger partial charge in [0.05, 0.1) is 17.4 Å². The molecule has 2 N–H and O–H groups in total. The van der Waals surface area contributed by atoms with Crippen molar-refractivity contribution in [2.45, 2.75) is 25.1 Å². The summed E-state index contributed by atoms with van der Waals surface area (Å²) < 4.78 is 0. The van der Waals surface area contributed by atoms with Crippen LogP contribution < -0.4 is 10.9 Å². The normalized spacial score (nSPS) is 12.8. The lowest BCUT2D eigenvalue weighted by Gasteiger charge is -2.09. The number of thioether (sulfide) groups is 1. The zero-order valence-corrected chi connectivity index (χ0v) is 13.1. The molecule has 6 heteroatoms. The van der Waals surface area contributed by atoms with Crippen molar-refractivity contribution in [3.63, 3.8) is 0 Å². The van der Waals surface area contributed by atoms with Gasteiger partial charge in [-0.15, -0.1) is 0 Å². The van der Waals surface area contributed by atoms with Crippen molar-refractivity contribution in [1.29, 1.82) is 0 Å². The number of rotatable bonds is 6. The first-order valence-electron chi connectivity index (χ1n) is 6.52. The minimum absolute atomic E-state index is 0.124. The summed E-state index contributed by atoms with van der Waals surface area (Å²) in [6.45, 7) is 3.66. The highest BCUT2D eigenvalue weighted by Gasteiger charge is 2.05. The van der Waals surface area contributed by atoms with Gasteiger partial charge < -0.3 is 10.3 Å². The molecule has 2 rings (SSSR count). The Balaban J connectivity index is 2.06. The van der Waals surface area contributed by atoms with E-state index in [4.69, 9.17) is 11.6 Å². The maximum Gasteiger partial charge on any atom is 0.258 e. The van der Waals surface area contributed by atoms with Crippen LogP contribution in [-0.4, -0.2) is 28.0 Å². The van der Waals surface area contributed by atoms with Crippen LogP contribution in [0, 0.1) is 0 Å². The third-order valence-corrected chi connectivity index (χ3v) is 4.42. The number of aromatic amines is 1. The van der Waals surface area contributed by atoms with Gasteiger partial charge in [-0.3, -0.25) is 4.79 Å². The highest BCUT2D eigenvalue weighted by atomic mass is 35.5. The maximum atomic E-state index is 11.9. The van der Waals surface area contributed by atoms with E-state index in [1.54, 1.807) is 18.2 Å². The van der Waals surface area contributed by atoms with Crippen molar-refractivity contribution in [2.24, 2.45) is 0 Å². The number of benzene rings is 1. The number of halogens is 1. The predicted molar refractivity (Wildman–Crippen MR) is 86.7 cm³/mol. The summed E-state index contributed by atoms with van der Waals surface area (Å²) in [7, 11) is 0. The highest BCUT2D eigenvalue weighted by molar-refractivity contribution is 7.99. The van der Waals surface area contributed by atoms with Gasteiger partial charge in [0.1, 0.15) is 5.82 Å². The molecule has 0 saturated carbocycles. The molecule has 4 nitrogen and oxygen atoms in total. The summed E-state index contributed by atoms with van der Waals surface area (Å²) in [6, 6.07) is 5.11. The fourth-order valence-electron chi connectivity index (χ4n) is 1.87. The van der Waals surface area contributed by atoms with E-state index in [0.29, 0.717) is 33.5 Å². The summed E-state index contributed by atoms with van der Waals surface area (Å²) in [5.74, 6) is 0.640. The molecule has 20 heavy (non-hydrogen) atoms. The Bertz CT molecular complexity index is 644. The van der Waals surface area contributed by atoms with E-state index in [1.165, 1.54) is 0 Å². The number of nitrogens with one attached hydrogen (secondary N) is 2. The third kappa shape index (κ3) is 3.98. The van der Waals surface area contributed by atoms with Gasteiger partial charge in [0.25, 0.3) is 5.56 Å². The molecule has 0 aliphatic heterocycles. The van der Waals surface area contributed by atoms with Gasteiger partial charge in [0.15, 0.2) is 0 Å². The Morgan fingerprint density at radius 1 is 1.50 bits per heavy atom. The SMILES string of the molecule is CSC(C)CCNCc1nc2cc(Cl)ccc2c(=O)[nH]1. The monoisotopic (exact) mass is 311 g/mol. The fraction of sp³-hybridized carbons (Fsp3) is 0.429. The van der Waals surface area contributed by atoms with Crippen LogP contribution >= 0.6 is 23.4 Å². The molecule has 0 aliphatic carbocycles. The van der Waals surface area contributed by atoms with Crippen molar-refractivity contribution in [3.05, 3.63) is 39.4 Å². The van der Waals surface area contributed by atoms with Gasteiger partial charge in [-0.25, -0.2) is 4.98 Å². The van der Waals surface area contributed by atoms with Crippen molar-refractivity contribution >= 4 is 34.3 Å². The first-order chi connectivity index (χ1) is 9.60. The molecular weight excluding hydrogens is 294 g/mol. The average Bonchev–Trinajstić information content (AvgIpc) is 2.42. The third-order valence-electron chi connectivity index (χ3n) is 3.14. The smallest absolute Gasteiger partial charge is 0.258 e. The molecule has 0 fully saturated rings. The predicted octanol–water partition coefficient (Wildman–Crippen LogP) is 2.81. The van der Waals surface area contributed by atoms with Crippen molar-refractivity contribution < 1.29 is 0 Å². The van der Waals surface area contributed by atoms with Gasteiger partial charge >= 0.3 is 0 Å². The number of nitrogens with zero attached hydrogens (tertiary/aromatic N) is 1. The van der Waals surface area contributed by atoms with E-state index in [0.717, 1.165) is 13.0 Å². The Morgan fingerprint density at radius 3 is 3.05 bits per heavy atom. The lowest BCUT2D eigenvalue weighted by Crippen LogP contribution is -2.21. The molecule has 0 spiro atoms. The van der Waals surface area contributed by atoms with Crippen LogP contribution in [0.2, 0.25) is 5.02 Å². The zero-order valence-electron chi connectivity index (χ0n) is 11.6. The van der Waals surface area contributed by atoms with Crippen LogP contribution in [0.3, 0.4) is 0 Å². The molecule has 0 saturated heterocycles. The van der Waals surface area contributed by atoms with Crippen molar-refractivity contribution in [3.8, 4) is 0 Å². The fourth-order valence-corrected chi connectivity index (χ4v) is 2.39. The van der Waals surface area contributed by atoms with Gasteiger partial charge in [-0.05, 0) is 37.4 Å². The zero-order chi connectivity index (χ0) is 14.5. The molecule has 2 aromatic rings. The van der Waals surface area contributed by atoms with E-state index in [9.17, 15) is 4.79 Å². The molecule has 1 heterocycles. The van der Waals surface area contributed by atoms with E-state index in [2.05, 4.69) is 28.5 Å². The number of hydrogen-bond donors (Lipinski definition) is 2. The summed E-state index contributed by atoms with van der Waals surface area (Å²) >= 11 is 7.78. The molecule has 0 radical (unpaired) electrons. The van der Waals surface area contributed by atoms with Gasteiger partial charge in [0, 0.05) is 10.3 Å². The standard InChI is InChI=1S/C14H18ClN3OS/c1-9(20-2)5-6-16-8-13-17-12-7-10(15)3-4-11(12)14(19)18-13/h3-4,7,9,16H,5-6,8H2,1-2H3,(H,17,18,19). The Morgan fingerprint density at radius 2 is 2.30 bits per heavy atom. The second-order valence-corrected chi connectivity index (χ2v) is 6.40. The Kier molecular flexibility index (Phi) is 5.46. The minimum Gasteiger partial charge on any atom is -0.310 e. The molecular formula is C14H18ClN3OS. The molecule has 0 amide bonds. The van der Waals surface area contributed by atoms with Crippen LogP contribution in [0.15, 0.2) is 23.0 Å². The Labute approximate surface area is 127 Å². The molecule has 1 aromatic carbocycles. The van der Waals surface area contributed by atoms with E-state index in [-0.39, 0.29) is 5.56 Å². The molecule has 108 valence electrons. The first kappa shape index (κ1) is 15.4. The average molecular weight is 312 g/mol. The minimum atomic E-state index is -0.124. The maximum absolute atomic E-state index is 11.9. The lowest BCUT2D eigenvalue weighted by molar-refractivity contribution is 0.629. The largest absolute Gasteiger partial charge is 0.310 e. The van der Waals surface area contributed by atoms with Gasteiger partial charge in [0.2, 0.25) is 0 Å². The number of aromatic nitrogens is 2. The molecule has 0 bridgehead atoms. The van der Waals surface area contributed by atoms with Crippen LogP contribution in [0.25, 0.3) is 10.9 Å².